The molecule has 0 unspecified atom stereocenters. The van der Waals surface area contributed by atoms with E-state index in [0.717, 1.165) is 17.7 Å². The van der Waals surface area contributed by atoms with Crippen LogP contribution in [-0.4, -0.2) is 45.0 Å². The van der Waals surface area contributed by atoms with Crippen molar-refractivity contribution in [1.82, 2.24) is 0 Å². The Hall–Kier alpha value is -2.06. The summed E-state index contributed by atoms with van der Waals surface area (Å²) in [6.07, 6.45) is 2.08. The molecule has 0 saturated heterocycles. The van der Waals surface area contributed by atoms with Crippen molar-refractivity contribution in [3.63, 3.8) is 0 Å². The van der Waals surface area contributed by atoms with Crippen molar-refractivity contribution in [3.8, 4) is 0 Å². The van der Waals surface area contributed by atoms with Crippen molar-refractivity contribution >= 4 is 35.3 Å². The number of amides is 1. The molecule has 0 aliphatic heterocycles. The lowest BCUT2D eigenvalue weighted by Gasteiger charge is -2.15. The number of anilines is 1. The maximum atomic E-state index is 11.5. The highest BCUT2D eigenvalue weighted by Crippen LogP contribution is 2.24. The molecule has 0 fully saturated rings. The number of aliphatic carboxylic acids is 2. The smallest absolute Gasteiger partial charge is 0.312 e. The van der Waals surface area contributed by atoms with E-state index in [-0.39, 0.29) is 0 Å². The Morgan fingerprint density at radius 3 is 2.52 bits per heavy atom. The minimum atomic E-state index is -1.19. The van der Waals surface area contributed by atoms with Gasteiger partial charge in [0, 0.05) is 16.3 Å². The summed E-state index contributed by atoms with van der Waals surface area (Å²) in [7, 11) is 0. The molecule has 1 aromatic rings. The highest BCUT2D eigenvalue weighted by Gasteiger charge is 2.18. The molecule has 150 valence electrons. The van der Waals surface area contributed by atoms with Crippen LogP contribution in [0.5, 0.6) is 0 Å². The summed E-state index contributed by atoms with van der Waals surface area (Å²) < 4.78 is 0. The van der Waals surface area contributed by atoms with Crippen LogP contribution < -0.4 is 5.32 Å². The summed E-state index contributed by atoms with van der Waals surface area (Å²) in [6, 6.07) is 6.92. The molecular formula is C19H27NO6S. The lowest BCUT2D eigenvalue weighted by atomic mass is 9.96. The van der Waals surface area contributed by atoms with Gasteiger partial charge in [-0.15, -0.1) is 11.8 Å². The number of aliphatic hydroxyl groups excluding tert-OH is 1. The summed E-state index contributed by atoms with van der Waals surface area (Å²) in [5, 5.41) is 30.5. The monoisotopic (exact) mass is 397 g/mol. The molecule has 0 aliphatic rings. The predicted molar refractivity (Wildman–Crippen MR) is 104 cm³/mol. The van der Waals surface area contributed by atoms with Gasteiger partial charge in [0.2, 0.25) is 5.91 Å². The second kappa shape index (κ2) is 12.3. The lowest BCUT2D eigenvalue weighted by molar-refractivity contribution is -0.142. The van der Waals surface area contributed by atoms with Crippen molar-refractivity contribution in [3.05, 3.63) is 24.3 Å². The van der Waals surface area contributed by atoms with Crippen LogP contribution in [0.15, 0.2) is 29.2 Å². The number of hydrogen-bond donors (Lipinski definition) is 4. The maximum Gasteiger partial charge on any atom is 0.312 e. The fourth-order valence-corrected chi connectivity index (χ4v) is 3.45. The van der Waals surface area contributed by atoms with Crippen LogP contribution in [0.3, 0.4) is 0 Å². The third-order valence-corrected chi connectivity index (χ3v) is 5.11. The minimum absolute atomic E-state index is 0.409. The van der Waals surface area contributed by atoms with Crippen molar-refractivity contribution in [2.45, 2.75) is 56.4 Å². The minimum Gasteiger partial charge on any atom is -0.481 e. The Kier molecular flexibility index (Phi) is 10.5. The Morgan fingerprint density at radius 2 is 1.89 bits per heavy atom. The third kappa shape index (κ3) is 10.0. The molecule has 2 atom stereocenters. The summed E-state index contributed by atoms with van der Waals surface area (Å²) in [5.74, 6) is -2.62. The van der Waals surface area contributed by atoms with Gasteiger partial charge in [-0.05, 0) is 37.5 Å². The largest absolute Gasteiger partial charge is 0.481 e. The summed E-state index contributed by atoms with van der Waals surface area (Å²) in [5.41, 5.74) is 0.492. The fraction of sp³-hybridized carbons (Fsp3) is 0.526. The van der Waals surface area contributed by atoms with E-state index < -0.39 is 36.3 Å². The van der Waals surface area contributed by atoms with Gasteiger partial charge in [0.15, 0.2) is 0 Å². The van der Waals surface area contributed by atoms with Crippen LogP contribution in [-0.2, 0) is 14.4 Å². The molecule has 0 aromatic heterocycles. The number of aliphatic hydroxyl groups is 1. The molecule has 1 rings (SSSR count). The zero-order valence-corrected chi connectivity index (χ0v) is 16.2. The van der Waals surface area contributed by atoms with Crippen molar-refractivity contribution in [2.24, 2.45) is 5.92 Å². The molecule has 1 amide bonds. The van der Waals surface area contributed by atoms with Gasteiger partial charge in [0.05, 0.1) is 12.0 Å². The number of nitrogens with one attached hydrogen (secondary N) is 1. The highest BCUT2D eigenvalue weighted by atomic mass is 32.2. The first-order valence-electron chi connectivity index (χ1n) is 8.97. The number of rotatable bonds is 13. The number of carboxylic acids is 2. The van der Waals surface area contributed by atoms with Crippen LogP contribution in [0, 0.1) is 5.92 Å². The van der Waals surface area contributed by atoms with Gasteiger partial charge in [0.1, 0.15) is 6.42 Å². The Morgan fingerprint density at radius 1 is 1.15 bits per heavy atom. The van der Waals surface area contributed by atoms with E-state index in [1.165, 1.54) is 11.8 Å². The fourth-order valence-electron chi connectivity index (χ4n) is 2.52. The van der Waals surface area contributed by atoms with Crippen LogP contribution in [0.1, 0.15) is 45.4 Å². The Balaban J connectivity index is 2.45. The number of carboxylic acid groups (broad SMARTS) is 2. The van der Waals surface area contributed by atoms with E-state index in [0.29, 0.717) is 30.7 Å². The molecule has 1 aromatic carbocycles. The first-order chi connectivity index (χ1) is 12.8. The van der Waals surface area contributed by atoms with Gasteiger partial charge >= 0.3 is 11.9 Å². The first-order valence-corrected chi connectivity index (χ1v) is 9.95. The lowest BCUT2D eigenvalue weighted by Crippen LogP contribution is -2.18. The zero-order valence-electron chi connectivity index (χ0n) is 15.4. The molecule has 8 heteroatoms. The molecule has 0 radical (unpaired) electrons. The second-order valence-electron chi connectivity index (χ2n) is 6.37. The number of carbonyl (C=O) groups excluding carboxylic acids is 1. The Bertz CT molecular complexity index is 636. The predicted octanol–water partition coefficient (Wildman–Crippen LogP) is 3.22. The summed E-state index contributed by atoms with van der Waals surface area (Å²) >= 11 is 1.40. The quantitative estimate of drug-likeness (QED) is 0.297. The summed E-state index contributed by atoms with van der Waals surface area (Å²) in [6.45, 7) is 2.02. The van der Waals surface area contributed by atoms with Crippen LogP contribution >= 0.6 is 11.8 Å². The number of thioether (sulfide) groups is 1. The van der Waals surface area contributed by atoms with Crippen LogP contribution in [0.25, 0.3) is 0 Å². The van der Waals surface area contributed by atoms with E-state index in [1.807, 2.05) is 13.0 Å². The molecule has 4 N–H and O–H groups in total. The molecule has 0 aliphatic carbocycles. The SMILES string of the molecule is CCCC[C@H](CC[C@@H](O)CSc1cccc(NC(=O)CC(=O)O)c1)C(=O)O. The van der Waals surface area contributed by atoms with E-state index in [1.54, 1.807) is 18.2 Å². The molecule has 0 bridgehead atoms. The van der Waals surface area contributed by atoms with E-state index in [4.69, 9.17) is 5.11 Å². The Labute approximate surface area is 163 Å². The number of unbranched alkanes of at least 4 members (excludes halogenated alkanes) is 1. The molecule has 7 nitrogen and oxygen atoms in total. The van der Waals surface area contributed by atoms with Gasteiger partial charge in [-0.25, -0.2) is 0 Å². The number of benzene rings is 1. The van der Waals surface area contributed by atoms with E-state index >= 15 is 0 Å². The maximum absolute atomic E-state index is 11.5. The van der Waals surface area contributed by atoms with E-state index in [9.17, 15) is 24.6 Å². The molecular weight excluding hydrogens is 370 g/mol. The van der Waals surface area contributed by atoms with Crippen molar-refractivity contribution in [1.29, 1.82) is 0 Å². The topological polar surface area (TPSA) is 124 Å². The molecule has 0 saturated carbocycles. The standard InChI is InChI=1S/C19H27NO6S/c1-2-3-5-13(19(25)26)8-9-15(21)12-27-16-7-4-6-14(10-16)20-17(22)11-18(23)24/h4,6-7,10,13,15,21H,2-3,5,8-9,11-12H2,1H3,(H,20,22)(H,23,24)(H,25,26)/t13-,15-/m1/s1. The van der Waals surface area contributed by atoms with Gasteiger partial charge < -0.3 is 20.6 Å². The normalized spacial score (nSPS) is 13.0. The van der Waals surface area contributed by atoms with Crippen LogP contribution in [0.2, 0.25) is 0 Å². The van der Waals surface area contributed by atoms with Crippen molar-refractivity contribution < 1.29 is 29.7 Å². The van der Waals surface area contributed by atoms with E-state index in [2.05, 4.69) is 5.32 Å². The second-order valence-corrected chi connectivity index (χ2v) is 7.46. The molecule has 27 heavy (non-hydrogen) atoms. The average molecular weight is 397 g/mol. The number of carbonyl (C=O) groups is 3. The first kappa shape index (κ1) is 23.0. The summed E-state index contributed by atoms with van der Waals surface area (Å²) in [4.78, 5) is 34.1. The van der Waals surface area contributed by atoms with Crippen LogP contribution in [0.4, 0.5) is 5.69 Å². The zero-order chi connectivity index (χ0) is 20.2. The molecule has 0 spiro atoms. The van der Waals surface area contributed by atoms with Crippen molar-refractivity contribution in [2.75, 3.05) is 11.1 Å². The average Bonchev–Trinajstić information content (AvgIpc) is 2.59. The van der Waals surface area contributed by atoms with Gasteiger partial charge in [-0.3, -0.25) is 14.4 Å². The molecule has 0 heterocycles. The van der Waals surface area contributed by atoms with Gasteiger partial charge in [-0.2, -0.15) is 0 Å². The van der Waals surface area contributed by atoms with Gasteiger partial charge in [0.25, 0.3) is 0 Å². The highest BCUT2D eigenvalue weighted by molar-refractivity contribution is 7.99. The van der Waals surface area contributed by atoms with Gasteiger partial charge in [-0.1, -0.05) is 25.8 Å². The third-order valence-electron chi connectivity index (χ3n) is 3.98. The number of hydrogen-bond acceptors (Lipinski definition) is 5.